The monoisotopic (exact) mass is 522 g/mol. The first-order valence-corrected chi connectivity index (χ1v) is 10.2. The molecule has 2 aliphatic heterocycles. The number of nitrogens with zero attached hydrogens (tertiary/aromatic N) is 5. The smallest absolute Gasteiger partial charge is 0.194 e. The predicted molar refractivity (Wildman–Crippen MR) is 122 cm³/mol. The van der Waals surface area contributed by atoms with Crippen molar-refractivity contribution < 1.29 is 14.2 Å². The molecule has 2 unspecified atom stereocenters. The van der Waals surface area contributed by atoms with Crippen LogP contribution in [0.5, 0.6) is 0 Å². The second-order valence-electron chi connectivity index (χ2n) is 7.55. The molecule has 9 nitrogen and oxygen atoms in total. The maximum atomic E-state index is 5.75. The molecule has 2 atom stereocenters. The fraction of sp³-hybridized carbons (Fsp3) is 0.842. The Hall–Kier alpha value is -0.980. The summed E-state index contributed by atoms with van der Waals surface area (Å²) in [4.78, 5) is 7.17. The average molecular weight is 522 g/mol. The minimum absolute atomic E-state index is 0. The van der Waals surface area contributed by atoms with Gasteiger partial charge in [0.2, 0.25) is 0 Å². The first-order chi connectivity index (χ1) is 13.7. The van der Waals surface area contributed by atoms with Crippen molar-refractivity contribution in [3.8, 4) is 0 Å². The lowest BCUT2D eigenvalue weighted by atomic mass is 10.1. The number of aliphatic imine (C=N–C) groups is 1. The Labute approximate surface area is 190 Å². The van der Waals surface area contributed by atoms with E-state index in [1.807, 2.05) is 18.5 Å². The van der Waals surface area contributed by atoms with Gasteiger partial charge >= 0.3 is 0 Å². The van der Waals surface area contributed by atoms with Crippen molar-refractivity contribution in [1.82, 2.24) is 25.0 Å². The number of ether oxygens (including phenoxy) is 3. The molecule has 3 heterocycles. The van der Waals surface area contributed by atoms with Gasteiger partial charge in [-0.05, 0) is 26.2 Å². The lowest BCUT2D eigenvalue weighted by Crippen LogP contribution is -2.43. The number of rotatable bonds is 9. The lowest BCUT2D eigenvalue weighted by Gasteiger charge is -2.23. The molecule has 0 aliphatic carbocycles. The van der Waals surface area contributed by atoms with E-state index in [4.69, 9.17) is 19.2 Å². The van der Waals surface area contributed by atoms with E-state index in [0.717, 1.165) is 69.7 Å². The first-order valence-electron chi connectivity index (χ1n) is 10.2. The zero-order valence-electron chi connectivity index (χ0n) is 17.8. The number of likely N-dealkylation sites (tertiary alicyclic amines) is 1. The van der Waals surface area contributed by atoms with E-state index in [1.165, 1.54) is 0 Å². The van der Waals surface area contributed by atoms with E-state index in [9.17, 15) is 0 Å². The lowest BCUT2D eigenvalue weighted by molar-refractivity contribution is 0.0536. The van der Waals surface area contributed by atoms with Crippen LogP contribution in [-0.4, -0.2) is 84.9 Å². The summed E-state index contributed by atoms with van der Waals surface area (Å²) in [6, 6.07) is 0. The summed E-state index contributed by atoms with van der Waals surface area (Å²) in [6.45, 7) is 8.10. The fourth-order valence-electron chi connectivity index (χ4n) is 3.57. The maximum Gasteiger partial charge on any atom is 0.194 e. The largest absolute Gasteiger partial charge is 0.382 e. The topological polar surface area (TPSA) is 86.0 Å². The van der Waals surface area contributed by atoms with Gasteiger partial charge in [-0.15, -0.1) is 34.2 Å². The molecule has 0 aromatic carbocycles. The number of nitrogens with one attached hydrogen (secondary N) is 1. The van der Waals surface area contributed by atoms with Crippen molar-refractivity contribution in [2.75, 3.05) is 53.2 Å². The molecule has 0 spiro atoms. The zero-order valence-corrected chi connectivity index (χ0v) is 20.1. The fourth-order valence-corrected chi connectivity index (χ4v) is 3.57. The number of guanidine groups is 1. The molecule has 29 heavy (non-hydrogen) atoms. The van der Waals surface area contributed by atoms with Crippen LogP contribution in [0, 0.1) is 12.8 Å². The van der Waals surface area contributed by atoms with Gasteiger partial charge in [-0.25, -0.2) is 4.99 Å². The van der Waals surface area contributed by atoms with Crippen LogP contribution in [0.25, 0.3) is 0 Å². The van der Waals surface area contributed by atoms with E-state index >= 15 is 0 Å². The van der Waals surface area contributed by atoms with E-state index in [2.05, 4.69) is 20.4 Å². The Morgan fingerprint density at radius 3 is 2.86 bits per heavy atom. The number of halogens is 1. The molecule has 2 saturated heterocycles. The van der Waals surface area contributed by atoms with E-state index in [0.29, 0.717) is 25.7 Å². The quantitative estimate of drug-likeness (QED) is 0.227. The van der Waals surface area contributed by atoms with E-state index in [-0.39, 0.29) is 30.1 Å². The third kappa shape index (κ3) is 7.34. The van der Waals surface area contributed by atoms with Gasteiger partial charge < -0.3 is 29.0 Å². The third-order valence-electron chi connectivity index (χ3n) is 5.44. The molecular formula is C19H35IN6O3. The molecule has 0 saturated carbocycles. The number of aromatic nitrogens is 3. The highest BCUT2D eigenvalue weighted by Gasteiger charge is 2.26. The Bertz CT molecular complexity index is 635. The van der Waals surface area contributed by atoms with Crippen LogP contribution < -0.4 is 5.32 Å². The summed E-state index contributed by atoms with van der Waals surface area (Å²) in [7, 11) is 3.67. The standard InChI is InChI=1S/C19H34N6O3.HI/c1-15-22-23-18(24(15)2)12-21-19(20-11-17-5-4-8-28-17)25-7-6-16(13-25)14-27-10-9-26-3;/h16-17H,4-14H2,1-3H3,(H,20,21);1H. The average Bonchev–Trinajstić information content (AvgIpc) is 3.44. The second-order valence-corrected chi connectivity index (χ2v) is 7.55. The van der Waals surface area contributed by atoms with Crippen molar-refractivity contribution in [1.29, 1.82) is 0 Å². The van der Waals surface area contributed by atoms with Gasteiger partial charge in [-0.1, -0.05) is 0 Å². The molecule has 0 radical (unpaired) electrons. The molecule has 0 amide bonds. The van der Waals surface area contributed by atoms with Crippen molar-refractivity contribution in [3.05, 3.63) is 11.6 Å². The molecule has 2 fully saturated rings. The van der Waals surface area contributed by atoms with Gasteiger partial charge in [0, 0.05) is 46.3 Å². The molecule has 1 aromatic heterocycles. The number of methoxy groups -OCH3 is 1. The van der Waals surface area contributed by atoms with Gasteiger partial charge in [0.15, 0.2) is 11.8 Å². The minimum Gasteiger partial charge on any atom is -0.382 e. The van der Waals surface area contributed by atoms with Crippen LogP contribution in [-0.2, 0) is 27.8 Å². The van der Waals surface area contributed by atoms with Crippen LogP contribution in [0.1, 0.15) is 30.9 Å². The summed E-state index contributed by atoms with van der Waals surface area (Å²) in [5.41, 5.74) is 0. The molecule has 1 N–H and O–H groups in total. The molecule has 10 heteroatoms. The van der Waals surface area contributed by atoms with Crippen molar-refractivity contribution in [2.45, 2.75) is 38.8 Å². The highest BCUT2D eigenvalue weighted by Crippen LogP contribution is 2.17. The van der Waals surface area contributed by atoms with Crippen LogP contribution in [0.4, 0.5) is 0 Å². The summed E-state index contributed by atoms with van der Waals surface area (Å²) in [5, 5.41) is 11.9. The molecule has 1 aromatic rings. The van der Waals surface area contributed by atoms with Crippen molar-refractivity contribution in [3.63, 3.8) is 0 Å². The van der Waals surface area contributed by atoms with Crippen molar-refractivity contribution >= 4 is 29.9 Å². The van der Waals surface area contributed by atoms with Crippen molar-refractivity contribution in [2.24, 2.45) is 18.0 Å². The van der Waals surface area contributed by atoms with Crippen LogP contribution >= 0.6 is 24.0 Å². The maximum absolute atomic E-state index is 5.75. The van der Waals surface area contributed by atoms with Gasteiger partial charge in [0.05, 0.1) is 25.9 Å². The Kier molecular flexibility index (Phi) is 10.6. The normalized spacial score (nSPS) is 22.2. The van der Waals surface area contributed by atoms with E-state index in [1.54, 1.807) is 7.11 Å². The molecule has 2 aliphatic rings. The minimum atomic E-state index is 0. The van der Waals surface area contributed by atoms with Crippen LogP contribution in [0.15, 0.2) is 4.99 Å². The Morgan fingerprint density at radius 1 is 1.31 bits per heavy atom. The Morgan fingerprint density at radius 2 is 2.17 bits per heavy atom. The molecule has 166 valence electrons. The third-order valence-corrected chi connectivity index (χ3v) is 5.44. The van der Waals surface area contributed by atoms with Gasteiger partial charge in [-0.2, -0.15) is 0 Å². The highest BCUT2D eigenvalue weighted by atomic mass is 127. The summed E-state index contributed by atoms with van der Waals surface area (Å²) in [5.74, 6) is 3.21. The first kappa shape index (κ1) is 24.3. The Balaban J connectivity index is 0.00000300. The van der Waals surface area contributed by atoms with Gasteiger partial charge in [-0.3, -0.25) is 0 Å². The van der Waals surface area contributed by atoms with Gasteiger partial charge in [0.1, 0.15) is 12.4 Å². The van der Waals surface area contributed by atoms with Crippen LogP contribution in [0.2, 0.25) is 0 Å². The zero-order chi connectivity index (χ0) is 19.8. The number of hydrogen-bond acceptors (Lipinski definition) is 6. The summed E-state index contributed by atoms with van der Waals surface area (Å²) >= 11 is 0. The predicted octanol–water partition coefficient (Wildman–Crippen LogP) is 1.35. The van der Waals surface area contributed by atoms with Gasteiger partial charge in [0.25, 0.3) is 0 Å². The summed E-state index contributed by atoms with van der Waals surface area (Å²) in [6.07, 6.45) is 3.63. The molecular weight excluding hydrogens is 487 g/mol. The molecule has 3 rings (SSSR count). The highest BCUT2D eigenvalue weighted by molar-refractivity contribution is 14.0. The SMILES string of the molecule is COCCOCC1CCN(C(=NCc2nnc(C)n2C)NCC2CCCO2)C1.I. The summed E-state index contributed by atoms with van der Waals surface area (Å²) < 4.78 is 18.5. The van der Waals surface area contributed by atoms with E-state index < -0.39 is 0 Å². The second kappa shape index (κ2) is 12.7. The number of aryl methyl sites for hydroxylation is 1. The number of hydrogen-bond donors (Lipinski definition) is 1. The molecule has 0 bridgehead atoms. The van der Waals surface area contributed by atoms with Crippen LogP contribution in [0.3, 0.4) is 0 Å².